The molecule has 3 N–H and O–H groups in total. The van der Waals surface area contributed by atoms with Crippen LogP contribution in [0.25, 0.3) is 11.0 Å². The van der Waals surface area contributed by atoms with Gasteiger partial charge in [0.2, 0.25) is 5.92 Å². The van der Waals surface area contributed by atoms with E-state index in [0.29, 0.717) is 46.7 Å². The Bertz CT molecular complexity index is 1080. The molecule has 0 radical (unpaired) electrons. The third-order valence-electron chi connectivity index (χ3n) is 5.21. The third-order valence-corrected chi connectivity index (χ3v) is 5.21. The van der Waals surface area contributed by atoms with Crippen LogP contribution < -0.4 is 15.4 Å². The van der Waals surface area contributed by atoms with Crippen LogP contribution in [0.2, 0.25) is 0 Å². The summed E-state index contributed by atoms with van der Waals surface area (Å²) in [5.74, 6) is -2.82. The number of halogens is 3. The Kier molecular flexibility index (Phi) is 5.23. The molecule has 7 nitrogen and oxygen atoms in total. The van der Waals surface area contributed by atoms with Crippen LogP contribution >= 0.6 is 0 Å². The number of carbonyl (C=O) groups is 1. The van der Waals surface area contributed by atoms with E-state index in [1.54, 1.807) is 6.07 Å². The third kappa shape index (κ3) is 4.17. The molecule has 10 heteroatoms. The first kappa shape index (κ1) is 20.0. The largest absolute Gasteiger partial charge is 0.495 e. The molecule has 0 spiro atoms. The van der Waals surface area contributed by atoms with E-state index in [9.17, 15) is 18.0 Å². The van der Waals surface area contributed by atoms with Gasteiger partial charge in [0.1, 0.15) is 17.2 Å². The molecule has 0 saturated heterocycles. The van der Waals surface area contributed by atoms with Crippen molar-refractivity contribution in [3.05, 3.63) is 42.2 Å². The molecular formula is C20H20F3N5O2. The molecule has 3 aromatic rings. The van der Waals surface area contributed by atoms with Crippen LogP contribution in [0.15, 0.2) is 30.7 Å². The normalized spacial score (nSPS) is 16.4. The number of hydrogen-bond donors (Lipinski definition) is 3. The van der Waals surface area contributed by atoms with E-state index in [-0.39, 0.29) is 18.8 Å². The number of aromatic nitrogens is 3. The van der Waals surface area contributed by atoms with Crippen LogP contribution in [0.5, 0.6) is 5.75 Å². The highest BCUT2D eigenvalue weighted by Gasteiger charge is 2.36. The van der Waals surface area contributed by atoms with Crippen LogP contribution in [0.4, 0.5) is 29.3 Å². The van der Waals surface area contributed by atoms with Gasteiger partial charge in [0, 0.05) is 36.4 Å². The standard InChI is InChI=1S/C20H20F3N5O2/c1-30-16-7-13(9-24-17(16)11-2-4-20(22,23)5-3-11)27-19(29)28-15-10-26-18-14(15)6-12(21)8-25-18/h6-11H,2-5H2,1H3,(H,25,26)(H2,27,28,29). The first-order valence-corrected chi connectivity index (χ1v) is 9.47. The number of ether oxygens (including phenoxy) is 1. The maximum Gasteiger partial charge on any atom is 0.323 e. The molecule has 1 fully saturated rings. The van der Waals surface area contributed by atoms with Gasteiger partial charge in [-0.05, 0) is 18.9 Å². The molecule has 1 aliphatic rings. The number of amides is 2. The van der Waals surface area contributed by atoms with Crippen molar-refractivity contribution in [1.29, 1.82) is 0 Å². The Morgan fingerprint density at radius 3 is 2.70 bits per heavy atom. The zero-order chi connectivity index (χ0) is 21.3. The maximum absolute atomic E-state index is 13.4. The fourth-order valence-corrected chi connectivity index (χ4v) is 3.67. The Morgan fingerprint density at radius 1 is 1.20 bits per heavy atom. The second-order valence-corrected chi connectivity index (χ2v) is 7.27. The predicted molar refractivity (Wildman–Crippen MR) is 106 cm³/mol. The molecule has 0 atom stereocenters. The summed E-state index contributed by atoms with van der Waals surface area (Å²) in [7, 11) is 1.47. The molecule has 0 aliphatic heterocycles. The molecule has 4 rings (SSSR count). The molecule has 0 unspecified atom stereocenters. The summed E-state index contributed by atoms with van der Waals surface area (Å²) < 4.78 is 45.7. The summed E-state index contributed by atoms with van der Waals surface area (Å²) in [5, 5.41) is 5.70. The minimum absolute atomic E-state index is 0.115. The van der Waals surface area contributed by atoms with Gasteiger partial charge >= 0.3 is 6.03 Å². The van der Waals surface area contributed by atoms with Crippen molar-refractivity contribution in [3.8, 4) is 5.75 Å². The zero-order valence-electron chi connectivity index (χ0n) is 16.1. The Balaban J connectivity index is 1.46. The fourth-order valence-electron chi connectivity index (χ4n) is 3.67. The Hall–Kier alpha value is -3.30. The van der Waals surface area contributed by atoms with Gasteiger partial charge in [-0.2, -0.15) is 0 Å². The number of pyridine rings is 2. The van der Waals surface area contributed by atoms with Crippen molar-refractivity contribution in [3.63, 3.8) is 0 Å². The number of carbonyl (C=O) groups excluding carboxylic acids is 1. The van der Waals surface area contributed by atoms with Gasteiger partial charge in [-0.1, -0.05) is 0 Å². The number of fused-ring (bicyclic) bond motifs is 1. The van der Waals surface area contributed by atoms with E-state index in [2.05, 4.69) is 25.6 Å². The van der Waals surface area contributed by atoms with Crippen molar-refractivity contribution in [2.24, 2.45) is 0 Å². The van der Waals surface area contributed by atoms with Crippen molar-refractivity contribution >= 4 is 28.4 Å². The van der Waals surface area contributed by atoms with Crippen LogP contribution in [0, 0.1) is 5.82 Å². The first-order valence-electron chi connectivity index (χ1n) is 9.47. The zero-order valence-corrected chi connectivity index (χ0v) is 16.1. The maximum atomic E-state index is 13.4. The second-order valence-electron chi connectivity index (χ2n) is 7.27. The number of H-pyrrole nitrogens is 1. The van der Waals surface area contributed by atoms with Gasteiger partial charge in [-0.15, -0.1) is 0 Å². The van der Waals surface area contributed by atoms with Gasteiger partial charge in [0.05, 0.1) is 36.6 Å². The SMILES string of the molecule is COc1cc(NC(=O)Nc2c[nH]c3ncc(F)cc23)cnc1C1CCC(F)(F)CC1. The highest BCUT2D eigenvalue weighted by atomic mass is 19.3. The lowest BCUT2D eigenvalue weighted by atomic mass is 9.84. The first-order chi connectivity index (χ1) is 14.3. The van der Waals surface area contributed by atoms with E-state index in [4.69, 9.17) is 4.74 Å². The Labute approximate surface area is 170 Å². The summed E-state index contributed by atoms with van der Waals surface area (Å²) in [4.78, 5) is 23.5. The summed E-state index contributed by atoms with van der Waals surface area (Å²) in [5.41, 5.74) is 1.79. The molecule has 1 aliphatic carbocycles. The summed E-state index contributed by atoms with van der Waals surface area (Å²) in [6, 6.07) is 2.31. The van der Waals surface area contributed by atoms with Gasteiger partial charge in [0.25, 0.3) is 0 Å². The highest BCUT2D eigenvalue weighted by molar-refractivity contribution is 6.05. The number of rotatable bonds is 4. The van der Waals surface area contributed by atoms with Crippen molar-refractivity contribution in [2.45, 2.75) is 37.5 Å². The number of methoxy groups -OCH3 is 1. The lowest BCUT2D eigenvalue weighted by Gasteiger charge is -2.28. The highest BCUT2D eigenvalue weighted by Crippen LogP contribution is 2.42. The molecule has 3 heterocycles. The van der Waals surface area contributed by atoms with Crippen molar-refractivity contribution in [1.82, 2.24) is 15.0 Å². The number of hydrogen-bond acceptors (Lipinski definition) is 4. The van der Waals surface area contributed by atoms with Crippen molar-refractivity contribution in [2.75, 3.05) is 17.7 Å². The van der Waals surface area contributed by atoms with Crippen LogP contribution in [-0.4, -0.2) is 34.0 Å². The summed E-state index contributed by atoms with van der Waals surface area (Å²) >= 11 is 0. The van der Waals surface area contributed by atoms with E-state index in [0.717, 1.165) is 6.20 Å². The summed E-state index contributed by atoms with van der Waals surface area (Å²) in [6.07, 6.45) is 4.35. The monoisotopic (exact) mass is 419 g/mol. The minimum atomic E-state index is -2.62. The molecular weight excluding hydrogens is 399 g/mol. The van der Waals surface area contributed by atoms with Crippen LogP contribution in [-0.2, 0) is 0 Å². The topological polar surface area (TPSA) is 91.9 Å². The van der Waals surface area contributed by atoms with Gasteiger partial charge in [-0.25, -0.2) is 22.9 Å². The van der Waals surface area contributed by atoms with Crippen LogP contribution in [0.3, 0.4) is 0 Å². The van der Waals surface area contributed by atoms with E-state index >= 15 is 0 Å². The number of urea groups is 1. The lowest BCUT2D eigenvalue weighted by molar-refractivity contribution is -0.0386. The molecule has 2 amide bonds. The van der Waals surface area contributed by atoms with Gasteiger partial charge < -0.3 is 20.4 Å². The van der Waals surface area contributed by atoms with E-state index in [1.807, 2.05) is 0 Å². The van der Waals surface area contributed by atoms with Gasteiger partial charge in [-0.3, -0.25) is 4.98 Å². The minimum Gasteiger partial charge on any atom is -0.495 e. The second kappa shape index (κ2) is 7.85. The van der Waals surface area contributed by atoms with E-state index < -0.39 is 17.8 Å². The predicted octanol–water partition coefficient (Wildman–Crippen LogP) is 5.04. The average molecular weight is 419 g/mol. The lowest BCUT2D eigenvalue weighted by Crippen LogP contribution is -2.24. The smallest absolute Gasteiger partial charge is 0.323 e. The Morgan fingerprint density at radius 2 is 1.97 bits per heavy atom. The van der Waals surface area contributed by atoms with Crippen LogP contribution in [0.1, 0.15) is 37.3 Å². The number of nitrogens with zero attached hydrogens (tertiary/aromatic N) is 2. The van der Waals surface area contributed by atoms with E-state index in [1.165, 1.54) is 25.6 Å². The summed E-state index contributed by atoms with van der Waals surface area (Å²) in [6.45, 7) is 0. The number of alkyl halides is 2. The molecule has 158 valence electrons. The average Bonchev–Trinajstić information content (AvgIpc) is 3.10. The number of aromatic amines is 1. The molecule has 0 bridgehead atoms. The molecule has 3 aromatic heterocycles. The van der Waals surface area contributed by atoms with Crippen molar-refractivity contribution < 1.29 is 22.7 Å². The molecule has 0 aromatic carbocycles. The van der Waals surface area contributed by atoms with Gasteiger partial charge in [0.15, 0.2) is 0 Å². The molecule has 30 heavy (non-hydrogen) atoms. The number of anilines is 2. The fraction of sp³-hybridized carbons (Fsp3) is 0.350. The number of nitrogens with one attached hydrogen (secondary N) is 3. The molecule has 1 saturated carbocycles. The quantitative estimate of drug-likeness (QED) is 0.552.